The highest BCUT2D eigenvalue weighted by atomic mass is 32.1. The number of carbonyl (C=O) groups is 2. The fraction of sp³-hybridized carbons (Fsp3) is 0.346. The van der Waals surface area contributed by atoms with Crippen LogP contribution in [0, 0.1) is 18.7 Å². The van der Waals surface area contributed by atoms with Crippen LogP contribution in [0.2, 0.25) is 0 Å². The number of aryl methyl sites for hydroxylation is 1. The van der Waals surface area contributed by atoms with Crippen LogP contribution in [-0.2, 0) is 11.3 Å². The zero-order chi connectivity index (χ0) is 24.1. The maximum Gasteiger partial charge on any atom is 0.265 e. The van der Waals surface area contributed by atoms with Crippen molar-refractivity contribution in [3.05, 3.63) is 70.5 Å². The van der Waals surface area contributed by atoms with Crippen molar-refractivity contribution >= 4 is 23.2 Å². The van der Waals surface area contributed by atoms with Gasteiger partial charge in [0, 0.05) is 37.2 Å². The Balaban J connectivity index is 1.28. The van der Waals surface area contributed by atoms with E-state index in [1.165, 1.54) is 23.5 Å². The molecule has 2 amide bonds. The largest absolute Gasteiger partial charge is 0.496 e. The van der Waals surface area contributed by atoms with E-state index in [1.54, 1.807) is 19.2 Å². The Morgan fingerprint density at radius 1 is 1.15 bits per heavy atom. The third-order valence-electron chi connectivity index (χ3n) is 6.13. The van der Waals surface area contributed by atoms with Crippen molar-refractivity contribution in [2.24, 2.45) is 5.92 Å². The number of rotatable bonds is 7. The van der Waals surface area contributed by atoms with Gasteiger partial charge < -0.3 is 15.0 Å². The number of hydrogen-bond acceptors (Lipinski definition) is 5. The first kappa shape index (κ1) is 23.9. The lowest BCUT2D eigenvalue weighted by Crippen LogP contribution is -2.39. The van der Waals surface area contributed by atoms with E-state index < -0.39 is 0 Å². The second-order valence-corrected chi connectivity index (χ2v) is 9.47. The fourth-order valence-electron chi connectivity index (χ4n) is 4.17. The van der Waals surface area contributed by atoms with Crippen LogP contribution < -0.4 is 10.1 Å². The predicted octanol–water partition coefficient (Wildman–Crippen LogP) is 4.82. The summed E-state index contributed by atoms with van der Waals surface area (Å²) in [6.45, 7) is 3.50. The third-order valence-corrected chi connectivity index (χ3v) is 7.32. The quantitative estimate of drug-likeness (QED) is 0.525. The van der Waals surface area contributed by atoms with Gasteiger partial charge in [-0.05, 0) is 56.0 Å². The first-order chi connectivity index (χ1) is 16.4. The molecule has 1 saturated heterocycles. The highest BCUT2D eigenvalue weighted by Crippen LogP contribution is 2.30. The molecule has 2 aromatic carbocycles. The molecular weight excluding hydrogens is 453 g/mol. The smallest absolute Gasteiger partial charge is 0.265 e. The number of amides is 2. The van der Waals surface area contributed by atoms with Crippen molar-refractivity contribution in [1.82, 2.24) is 15.2 Å². The molecule has 1 aliphatic rings. The van der Waals surface area contributed by atoms with Crippen LogP contribution in [0.5, 0.6) is 5.75 Å². The molecule has 2 heterocycles. The van der Waals surface area contributed by atoms with Gasteiger partial charge in [-0.25, -0.2) is 9.37 Å². The Bertz CT molecular complexity index is 1150. The Labute approximate surface area is 202 Å². The normalized spacial score (nSPS) is 14.1. The van der Waals surface area contributed by atoms with E-state index in [0.29, 0.717) is 41.6 Å². The van der Waals surface area contributed by atoms with Crippen molar-refractivity contribution in [2.45, 2.75) is 32.7 Å². The molecule has 0 unspecified atom stereocenters. The first-order valence-corrected chi connectivity index (χ1v) is 12.2. The second-order valence-electron chi connectivity index (χ2n) is 8.47. The maximum absolute atomic E-state index is 13.2. The zero-order valence-corrected chi connectivity index (χ0v) is 20.2. The van der Waals surface area contributed by atoms with Gasteiger partial charge in [-0.3, -0.25) is 9.59 Å². The monoisotopic (exact) mass is 481 g/mol. The van der Waals surface area contributed by atoms with E-state index in [2.05, 4.69) is 10.3 Å². The summed E-state index contributed by atoms with van der Waals surface area (Å²) >= 11 is 1.34. The van der Waals surface area contributed by atoms with Crippen LogP contribution in [0.15, 0.2) is 48.5 Å². The molecule has 0 atom stereocenters. The summed E-state index contributed by atoms with van der Waals surface area (Å²) in [5, 5.41) is 3.69. The topological polar surface area (TPSA) is 71.5 Å². The molecule has 8 heteroatoms. The minimum Gasteiger partial charge on any atom is -0.496 e. The summed E-state index contributed by atoms with van der Waals surface area (Å²) in [4.78, 5) is 32.6. The van der Waals surface area contributed by atoms with Gasteiger partial charge in [0.15, 0.2) is 0 Å². The number of likely N-dealkylation sites (tertiary alicyclic amines) is 1. The Kier molecular flexibility index (Phi) is 7.57. The number of benzene rings is 2. The molecule has 6 nitrogen and oxygen atoms in total. The van der Waals surface area contributed by atoms with Gasteiger partial charge in [0.05, 0.1) is 12.8 Å². The van der Waals surface area contributed by atoms with Crippen LogP contribution >= 0.6 is 11.3 Å². The Morgan fingerprint density at radius 2 is 1.85 bits per heavy atom. The standard InChI is InChI=1S/C26H28FN3O3S/c1-17-24(34-25(29-17)19-7-9-21(27)10-8-19)26(32)30-13-11-18(12-14-30)15-23(31)28-16-20-5-3-4-6-22(20)33-2/h3-10,18H,11-16H2,1-2H3,(H,28,31). The zero-order valence-electron chi connectivity index (χ0n) is 19.3. The lowest BCUT2D eigenvalue weighted by molar-refractivity contribution is -0.122. The number of methoxy groups -OCH3 is 1. The number of halogens is 1. The van der Waals surface area contributed by atoms with Gasteiger partial charge in [0.25, 0.3) is 5.91 Å². The number of aromatic nitrogens is 1. The van der Waals surface area contributed by atoms with E-state index in [4.69, 9.17) is 4.74 Å². The number of thiazole rings is 1. The molecule has 4 rings (SSSR count). The number of nitrogens with one attached hydrogen (secondary N) is 1. The molecule has 1 fully saturated rings. The Hall–Kier alpha value is -3.26. The van der Waals surface area contributed by atoms with Gasteiger partial charge in [-0.1, -0.05) is 18.2 Å². The molecule has 0 spiro atoms. The van der Waals surface area contributed by atoms with Crippen molar-refractivity contribution < 1.29 is 18.7 Å². The summed E-state index contributed by atoms with van der Waals surface area (Å²) in [5.41, 5.74) is 2.43. The molecule has 0 radical (unpaired) electrons. The van der Waals surface area contributed by atoms with E-state index in [1.807, 2.05) is 36.1 Å². The Morgan fingerprint density at radius 3 is 2.56 bits per heavy atom. The van der Waals surface area contributed by atoms with Crippen molar-refractivity contribution in [2.75, 3.05) is 20.2 Å². The molecule has 1 aliphatic heterocycles. The number of carbonyl (C=O) groups excluding carboxylic acids is 2. The molecule has 1 aromatic heterocycles. The van der Waals surface area contributed by atoms with Crippen LogP contribution in [0.3, 0.4) is 0 Å². The van der Waals surface area contributed by atoms with Crippen LogP contribution in [0.1, 0.15) is 40.2 Å². The summed E-state index contributed by atoms with van der Waals surface area (Å²) in [5.74, 6) is 0.694. The highest BCUT2D eigenvalue weighted by Gasteiger charge is 2.27. The number of para-hydroxylation sites is 1. The lowest BCUT2D eigenvalue weighted by Gasteiger charge is -2.31. The van der Waals surface area contributed by atoms with Crippen molar-refractivity contribution in [1.29, 1.82) is 0 Å². The number of hydrogen-bond donors (Lipinski definition) is 1. The van der Waals surface area contributed by atoms with E-state index >= 15 is 0 Å². The van der Waals surface area contributed by atoms with Crippen LogP contribution in [0.25, 0.3) is 10.6 Å². The molecule has 0 saturated carbocycles. The summed E-state index contributed by atoms with van der Waals surface area (Å²) in [7, 11) is 1.62. The summed E-state index contributed by atoms with van der Waals surface area (Å²) in [6.07, 6.45) is 2.03. The molecule has 0 aliphatic carbocycles. The molecule has 178 valence electrons. The number of nitrogens with zero attached hydrogens (tertiary/aromatic N) is 2. The van der Waals surface area contributed by atoms with Gasteiger partial charge in [0.1, 0.15) is 21.5 Å². The predicted molar refractivity (Wildman–Crippen MR) is 130 cm³/mol. The second kappa shape index (κ2) is 10.8. The molecule has 1 N–H and O–H groups in total. The number of ether oxygens (including phenoxy) is 1. The fourth-order valence-corrected chi connectivity index (χ4v) is 5.21. The van der Waals surface area contributed by atoms with Gasteiger partial charge in [-0.15, -0.1) is 11.3 Å². The molecular formula is C26H28FN3O3S. The maximum atomic E-state index is 13.2. The molecule has 0 bridgehead atoms. The van der Waals surface area contributed by atoms with E-state index in [-0.39, 0.29) is 23.5 Å². The summed E-state index contributed by atoms with van der Waals surface area (Å²) < 4.78 is 18.5. The lowest BCUT2D eigenvalue weighted by atomic mass is 9.93. The van der Waals surface area contributed by atoms with Crippen molar-refractivity contribution in [3.8, 4) is 16.3 Å². The van der Waals surface area contributed by atoms with Gasteiger partial charge in [-0.2, -0.15) is 0 Å². The first-order valence-electron chi connectivity index (χ1n) is 11.4. The van der Waals surface area contributed by atoms with Gasteiger partial charge in [0.2, 0.25) is 5.91 Å². The summed E-state index contributed by atoms with van der Waals surface area (Å²) in [6, 6.07) is 13.8. The average Bonchev–Trinajstić information content (AvgIpc) is 3.24. The van der Waals surface area contributed by atoms with Crippen LogP contribution in [0.4, 0.5) is 4.39 Å². The average molecular weight is 482 g/mol. The van der Waals surface area contributed by atoms with Crippen molar-refractivity contribution in [3.63, 3.8) is 0 Å². The third kappa shape index (κ3) is 5.62. The van der Waals surface area contributed by atoms with Crippen LogP contribution in [-0.4, -0.2) is 41.9 Å². The highest BCUT2D eigenvalue weighted by molar-refractivity contribution is 7.17. The molecule has 34 heavy (non-hydrogen) atoms. The minimum absolute atomic E-state index is 0.0120. The minimum atomic E-state index is -0.301. The molecule has 3 aromatic rings. The van der Waals surface area contributed by atoms with E-state index in [0.717, 1.165) is 29.7 Å². The van der Waals surface area contributed by atoms with E-state index in [9.17, 15) is 14.0 Å². The van der Waals surface area contributed by atoms with Gasteiger partial charge >= 0.3 is 0 Å². The number of piperidine rings is 1. The SMILES string of the molecule is COc1ccccc1CNC(=O)CC1CCN(C(=O)c2sc(-c3ccc(F)cc3)nc2C)CC1.